The molecule has 0 bridgehead atoms. The number of nitrogens with one attached hydrogen (secondary N) is 1. The third-order valence-electron chi connectivity index (χ3n) is 3.49. The van der Waals surface area contributed by atoms with Crippen molar-refractivity contribution in [2.75, 3.05) is 11.6 Å². The lowest BCUT2D eigenvalue weighted by atomic mass is 9.95. The van der Waals surface area contributed by atoms with E-state index in [2.05, 4.69) is 5.32 Å². The summed E-state index contributed by atoms with van der Waals surface area (Å²) in [6.45, 7) is 2.01. The molecule has 116 valence electrons. The average Bonchev–Trinajstić information content (AvgIpc) is 2.48. The van der Waals surface area contributed by atoms with Crippen molar-refractivity contribution in [2.45, 2.75) is 25.0 Å². The maximum atomic E-state index is 12.5. The quantitative estimate of drug-likeness (QED) is 0.883. The van der Waals surface area contributed by atoms with Gasteiger partial charge in [-0.3, -0.25) is 9.00 Å². The van der Waals surface area contributed by atoms with Crippen molar-refractivity contribution in [1.29, 1.82) is 0 Å². The molecule has 0 aromatic heterocycles. The Morgan fingerprint density at radius 1 is 1.14 bits per heavy atom. The van der Waals surface area contributed by atoms with E-state index in [1.165, 1.54) is 0 Å². The van der Waals surface area contributed by atoms with Gasteiger partial charge in [0.25, 0.3) is 0 Å². The van der Waals surface area contributed by atoms with E-state index in [0.29, 0.717) is 5.75 Å². The summed E-state index contributed by atoms with van der Waals surface area (Å²) >= 11 is 0. The van der Waals surface area contributed by atoms with Crippen molar-refractivity contribution in [3.05, 3.63) is 65.7 Å². The van der Waals surface area contributed by atoms with Gasteiger partial charge in [0.1, 0.15) is 0 Å². The van der Waals surface area contributed by atoms with Gasteiger partial charge in [0.15, 0.2) is 0 Å². The fourth-order valence-electron chi connectivity index (χ4n) is 2.46. The summed E-state index contributed by atoms with van der Waals surface area (Å²) in [6.07, 6.45) is 2.42. The first-order valence-electron chi connectivity index (χ1n) is 7.35. The van der Waals surface area contributed by atoms with Crippen molar-refractivity contribution < 1.29 is 9.00 Å². The van der Waals surface area contributed by atoms with E-state index in [1.807, 2.05) is 61.5 Å². The number of rotatable bonds is 6. The van der Waals surface area contributed by atoms with Crippen LogP contribution in [0.5, 0.6) is 0 Å². The summed E-state index contributed by atoms with van der Waals surface area (Å²) in [5.74, 6) is 0.327. The predicted molar refractivity (Wildman–Crippen MR) is 92.3 cm³/mol. The first-order chi connectivity index (χ1) is 10.6. The summed E-state index contributed by atoms with van der Waals surface area (Å²) in [6, 6.07) is 17.3. The maximum Gasteiger partial charge on any atom is 0.231 e. The molecule has 2 atom stereocenters. The van der Waals surface area contributed by atoms with Gasteiger partial charge in [-0.05, 0) is 29.7 Å². The minimum Gasteiger partial charge on any atom is -0.326 e. The molecule has 4 heteroatoms. The highest BCUT2D eigenvalue weighted by Gasteiger charge is 2.18. The average molecular weight is 315 g/mol. The Morgan fingerprint density at radius 2 is 1.86 bits per heavy atom. The van der Waals surface area contributed by atoms with Crippen molar-refractivity contribution >= 4 is 22.4 Å². The van der Waals surface area contributed by atoms with E-state index in [4.69, 9.17) is 0 Å². The summed E-state index contributed by atoms with van der Waals surface area (Å²) in [5, 5.41) is 2.97. The zero-order valence-electron chi connectivity index (χ0n) is 12.9. The summed E-state index contributed by atoms with van der Waals surface area (Å²) < 4.78 is 11.3. The molecule has 0 fully saturated rings. The maximum absolute atomic E-state index is 12.5. The van der Waals surface area contributed by atoms with Crippen LogP contribution in [0, 0.1) is 0 Å². The van der Waals surface area contributed by atoms with Crippen molar-refractivity contribution in [1.82, 2.24) is 0 Å². The largest absolute Gasteiger partial charge is 0.326 e. The van der Waals surface area contributed by atoms with E-state index < -0.39 is 10.8 Å². The molecule has 1 amide bonds. The zero-order chi connectivity index (χ0) is 15.9. The highest BCUT2D eigenvalue weighted by atomic mass is 32.2. The van der Waals surface area contributed by atoms with E-state index >= 15 is 0 Å². The molecule has 0 aliphatic heterocycles. The Bertz CT molecular complexity index is 655. The SMILES string of the molecule is CCC(C(=O)Nc1cccc(CS(C)=O)c1)c1ccccc1. The van der Waals surface area contributed by atoms with Crippen LogP contribution in [-0.4, -0.2) is 16.4 Å². The monoisotopic (exact) mass is 315 g/mol. The van der Waals surface area contributed by atoms with Crippen LogP contribution < -0.4 is 5.32 Å². The molecule has 0 saturated carbocycles. The topological polar surface area (TPSA) is 46.2 Å². The molecule has 3 nitrogen and oxygen atoms in total. The molecule has 0 saturated heterocycles. The van der Waals surface area contributed by atoms with Crippen LogP contribution in [0.1, 0.15) is 30.4 Å². The minimum atomic E-state index is -0.890. The Balaban J connectivity index is 2.12. The lowest BCUT2D eigenvalue weighted by Crippen LogP contribution is -2.20. The van der Waals surface area contributed by atoms with Crippen LogP contribution in [0.15, 0.2) is 54.6 Å². The minimum absolute atomic E-state index is 0.0107. The van der Waals surface area contributed by atoms with Crippen LogP contribution in [0.2, 0.25) is 0 Å². The number of benzene rings is 2. The first-order valence-corrected chi connectivity index (χ1v) is 9.07. The predicted octanol–water partition coefficient (Wildman–Crippen LogP) is 3.70. The highest BCUT2D eigenvalue weighted by Crippen LogP contribution is 2.22. The molecule has 1 N–H and O–H groups in total. The third kappa shape index (κ3) is 4.53. The third-order valence-corrected chi connectivity index (χ3v) is 4.23. The van der Waals surface area contributed by atoms with Gasteiger partial charge in [-0.1, -0.05) is 49.4 Å². The lowest BCUT2D eigenvalue weighted by Gasteiger charge is -2.15. The molecular formula is C18H21NO2S. The number of anilines is 1. The van der Waals surface area contributed by atoms with Crippen molar-refractivity contribution in [2.24, 2.45) is 0 Å². The zero-order valence-corrected chi connectivity index (χ0v) is 13.7. The van der Waals surface area contributed by atoms with Gasteiger partial charge in [-0.15, -0.1) is 0 Å². The van der Waals surface area contributed by atoms with Crippen LogP contribution in [0.3, 0.4) is 0 Å². The summed E-state index contributed by atoms with van der Waals surface area (Å²) in [5.41, 5.74) is 2.74. The van der Waals surface area contributed by atoms with Crippen molar-refractivity contribution in [3.63, 3.8) is 0 Å². The standard InChI is InChI=1S/C18H21NO2S/c1-3-17(15-9-5-4-6-10-15)18(20)19-16-11-7-8-14(12-16)13-22(2)21/h4-12,17H,3,13H2,1-2H3,(H,19,20). The molecule has 2 rings (SSSR count). The van der Waals surface area contributed by atoms with Gasteiger partial charge in [-0.2, -0.15) is 0 Å². The van der Waals surface area contributed by atoms with E-state index in [0.717, 1.165) is 23.2 Å². The molecular weight excluding hydrogens is 294 g/mol. The molecule has 2 aromatic carbocycles. The molecule has 22 heavy (non-hydrogen) atoms. The molecule has 0 radical (unpaired) electrons. The molecule has 2 aromatic rings. The molecule has 0 spiro atoms. The number of hydrogen-bond acceptors (Lipinski definition) is 2. The molecule has 2 unspecified atom stereocenters. The van der Waals surface area contributed by atoms with Crippen LogP contribution >= 0.6 is 0 Å². The Kier molecular flexibility index (Phi) is 5.90. The lowest BCUT2D eigenvalue weighted by molar-refractivity contribution is -0.117. The number of carbonyl (C=O) groups excluding carboxylic acids is 1. The fourth-order valence-corrected chi connectivity index (χ4v) is 3.11. The van der Waals surface area contributed by atoms with Crippen LogP contribution in [-0.2, 0) is 21.3 Å². The second kappa shape index (κ2) is 7.90. The Hall–Kier alpha value is -1.94. The fraction of sp³-hybridized carbons (Fsp3) is 0.278. The van der Waals surface area contributed by atoms with Gasteiger partial charge in [0, 0.05) is 28.5 Å². The van der Waals surface area contributed by atoms with E-state index in [1.54, 1.807) is 6.26 Å². The molecule has 0 aliphatic rings. The Labute approximate surface area is 134 Å². The van der Waals surface area contributed by atoms with Crippen LogP contribution in [0.4, 0.5) is 5.69 Å². The number of amides is 1. The van der Waals surface area contributed by atoms with Gasteiger partial charge >= 0.3 is 0 Å². The van der Waals surface area contributed by atoms with Crippen molar-refractivity contribution in [3.8, 4) is 0 Å². The second-order valence-electron chi connectivity index (χ2n) is 5.28. The van der Waals surface area contributed by atoms with E-state index in [9.17, 15) is 9.00 Å². The number of carbonyl (C=O) groups is 1. The summed E-state index contributed by atoms with van der Waals surface area (Å²) in [7, 11) is -0.890. The molecule has 0 heterocycles. The molecule has 0 aliphatic carbocycles. The van der Waals surface area contributed by atoms with Gasteiger partial charge < -0.3 is 5.32 Å². The van der Waals surface area contributed by atoms with Crippen LogP contribution in [0.25, 0.3) is 0 Å². The normalized spacial score (nSPS) is 13.4. The smallest absolute Gasteiger partial charge is 0.231 e. The van der Waals surface area contributed by atoms with Gasteiger partial charge in [0.05, 0.1) is 5.92 Å². The summed E-state index contributed by atoms with van der Waals surface area (Å²) in [4.78, 5) is 12.5. The van der Waals surface area contributed by atoms with Gasteiger partial charge in [-0.25, -0.2) is 0 Å². The number of hydrogen-bond donors (Lipinski definition) is 1. The Morgan fingerprint density at radius 3 is 2.50 bits per heavy atom. The first kappa shape index (κ1) is 16.4. The van der Waals surface area contributed by atoms with Gasteiger partial charge in [0.2, 0.25) is 5.91 Å². The van der Waals surface area contributed by atoms with E-state index in [-0.39, 0.29) is 11.8 Å². The highest BCUT2D eigenvalue weighted by molar-refractivity contribution is 7.83. The second-order valence-corrected chi connectivity index (χ2v) is 6.71.